The quantitative estimate of drug-likeness (QED) is 0.815. The summed E-state index contributed by atoms with van der Waals surface area (Å²) in [5.41, 5.74) is -0.193. The maximum Gasteiger partial charge on any atom is 0.244 e. The van der Waals surface area contributed by atoms with Gasteiger partial charge in [0.15, 0.2) is 0 Å². The fourth-order valence-electron chi connectivity index (χ4n) is 3.77. The third-order valence-corrected chi connectivity index (χ3v) is 4.75. The van der Waals surface area contributed by atoms with Gasteiger partial charge in [-0.15, -0.1) is 0 Å². The van der Waals surface area contributed by atoms with E-state index in [1.165, 1.54) is 12.8 Å². The summed E-state index contributed by atoms with van der Waals surface area (Å²) in [4.78, 5) is 15.0. The number of rotatable bonds is 5. The number of hydrogen-bond acceptors (Lipinski definition) is 2. The second kappa shape index (κ2) is 5.60. The average Bonchev–Trinajstić information content (AvgIpc) is 2.95. The van der Waals surface area contributed by atoms with Crippen molar-refractivity contribution in [1.82, 2.24) is 10.2 Å². The zero-order valence-electron chi connectivity index (χ0n) is 12.2. The summed E-state index contributed by atoms with van der Waals surface area (Å²) in [5.74, 6) is 0.396. The molecule has 3 heteroatoms. The third kappa shape index (κ3) is 2.18. The van der Waals surface area contributed by atoms with Gasteiger partial charge in [0.05, 0.1) is 11.7 Å². The van der Waals surface area contributed by atoms with Crippen molar-refractivity contribution in [3.05, 3.63) is 0 Å². The van der Waals surface area contributed by atoms with Crippen LogP contribution in [-0.4, -0.2) is 28.6 Å². The lowest BCUT2D eigenvalue weighted by atomic mass is 9.97. The smallest absolute Gasteiger partial charge is 0.244 e. The Bertz CT molecular complexity index is 297. The predicted octanol–water partition coefficient (Wildman–Crippen LogP) is 3.05. The van der Waals surface area contributed by atoms with E-state index in [9.17, 15) is 4.79 Å². The van der Waals surface area contributed by atoms with E-state index in [0.717, 1.165) is 38.5 Å². The van der Waals surface area contributed by atoms with E-state index in [0.29, 0.717) is 11.9 Å². The highest BCUT2D eigenvalue weighted by atomic mass is 16.2. The van der Waals surface area contributed by atoms with Crippen LogP contribution in [0.1, 0.15) is 72.1 Å². The van der Waals surface area contributed by atoms with Crippen LogP contribution in [0.25, 0.3) is 0 Å². The monoisotopic (exact) mass is 252 g/mol. The summed E-state index contributed by atoms with van der Waals surface area (Å²) >= 11 is 0. The molecule has 2 rings (SSSR count). The molecule has 0 aromatic heterocycles. The van der Waals surface area contributed by atoms with Gasteiger partial charge in [0, 0.05) is 6.04 Å². The topological polar surface area (TPSA) is 32.3 Å². The molecule has 18 heavy (non-hydrogen) atoms. The van der Waals surface area contributed by atoms with Crippen LogP contribution in [0.4, 0.5) is 0 Å². The maximum absolute atomic E-state index is 12.8. The van der Waals surface area contributed by atoms with Gasteiger partial charge in [0.25, 0.3) is 0 Å². The van der Waals surface area contributed by atoms with E-state index in [1.807, 2.05) is 0 Å². The number of nitrogens with one attached hydrogen (secondary N) is 1. The van der Waals surface area contributed by atoms with E-state index in [-0.39, 0.29) is 11.7 Å². The molecule has 3 nitrogen and oxygen atoms in total. The SMILES string of the molecule is CCCC(CC)N1C(=O)C2(CCCC2)NC1CC. The van der Waals surface area contributed by atoms with Crippen LogP contribution in [-0.2, 0) is 4.79 Å². The van der Waals surface area contributed by atoms with E-state index >= 15 is 0 Å². The highest BCUT2D eigenvalue weighted by Gasteiger charge is 2.52. The normalized spacial score (nSPS) is 28.3. The van der Waals surface area contributed by atoms with Crippen molar-refractivity contribution < 1.29 is 4.79 Å². The first-order chi connectivity index (χ1) is 8.68. The first-order valence-corrected chi connectivity index (χ1v) is 7.79. The van der Waals surface area contributed by atoms with E-state index in [2.05, 4.69) is 31.0 Å². The average molecular weight is 252 g/mol. The van der Waals surface area contributed by atoms with Gasteiger partial charge in [-0.25, -0.2) is 0 Å². The van der Waals surface area contributed by atoms with E-state index < -0.39 is 0 Å². The minimum absolute atomic E-state index is 0.193. The van der Waals surface area contributed by atoms with Crippen LogP contribution in [0.5, 0.6) is 0 Å². The summed E-state index contributed by atoms with van der Waals surface area (Å²) in [6, 6.07) is 0.430. The molecule has 104 valence electrons. The van der Waals surface area contributed by atoms with Crippen LogP contribution in [0, 0.1) is 0 Å². The summed E-state index contributed by atoms with van der Waals surface area (Å²) in [7, 11) is 0. The lowest BCUT2D eigenvalue weighted by molar-refractivity contribution is -0.135. The van der Waals surface area contributed by atoms with Gasteiger partial charge in [0.1, 0.15) is 0 Å². The standard InChI is InChI=1S/C15H28N2O/c1-4-9-12(5-2)17-13(6-3)16-15(14(17)18)10-7-8-11-15/h12-13,16H,4-11H2,1-3H3. The summed E-state index contributed by atoms with van der Waals surface area (Å²) < 4.78 is 0. The lowest BCUT2D eigenvalue weighted by Gasteiger charge is -2.32. The second-order valence-corrected chi connectivity index (χ2v) is 5.92. The van der Waals surface area contributed by atoms with Crippen molar-refractivity contribution in [2.75, 3.05) is 0 Å². The molecule has 2 fully saturated rings. The van der Waals surface area contributed by atoms with Crippen LogP contribution < -0.4 is 5.32 Å². The van der Waals surface area contributed by atoms with Gasteiger partial charge >= 0.3 is 0 Å². The Morgan fingerprint density at radius 3 is 2.50 bits per heavy atom. The maximum atomic E-state index is 12.8. The number of amides is 1. The molecule has 1 aliphatic heterocycles. The highest BCUT2D eigenvalue weighted by Crippen LogP contribution is 2.38. The van der Waals surface area contributed by atoms with Crippen LogP contribution in [0.15, 0.2) is 0 Å². The minimum atomic E-state index is -0.193. The Balaban J connectivity index is 2.19. The zero-order valence-corrected chi connectivity index (χ0v) is 12.2. The zero-order chi connectivity index (χ0) is 13.2. The molecule has 1 amide bonds. The van der Waals surface area contributed by atoms with Gasteiger partial charge in [-0.05, 0) is 32.1 Å². The molecule has 1 heterocycles. The van der Waals surface area contributed by atoms with Crippen molar-refractivity contribution in [2.45, 2.75) is 89.9 Å². The van der Waals surface area contributed by atoms with Gasteiger partial charge in [0.2, 0.25) is 5.91 Å². The molecule has 0 radical (unpaired) electrons. The van der Waals surface area contributed by atoms with Gasteiger partial charge in [-0.2, -0.15) is 0 Å². The molecule has 1 saturated carbocycles. The first kappa shape index (κ1) is 13.9. The van der Waals surface area contributed by atoms with Crippen LogP contribution >= 0.6 is 0 Å². The molecule has 2 aliphatic rings. The Hall–Kier alpha value is -0.570. The Morgan fingerprint density at radius 1 is 1.33 bits per heavy atom. The molecule has 1 saturated heterocycles. The molecule has 1 N–H and O–H groups in total. The molecule has 1 spiro atoms. The number of hydrogen-bond donors (Lipinski definition) is 1. The van der Waals surface area contributed by atoms with Crippen molar-refractivity contribution in [3.8, 4) is 0 Å². The Labute approximate surface area is 111 Å². The minimum Gasteiger partial charge on any atom is -0.323 e. The fourth-order valence-corrected chi connectivity index (χ4v) is 3.77. The largest absolute Gasteiger partial charge is 0.323 e. The molecule has 2 unspecified atom stereocenters. The van der Waals surface area contributed by atoms with Crippen molar-refractivity contribution in [3.63, 3.8) is 0 Å². The molecule has 0 aromatic carbocycles. The number of carbonyl (C=O) groups is 1. The van der Waals surface area contributed by atoms with Gasteiger partial charge in [-0.3, -0.25) is 10.1 Å². The van der Waals surface area contributed by atoms with Gasteiger partial charge in [-0.1, -0.05) is 40.0 Å². The highest BCUT2D eigenvalue weighted by molar-refractivity contribution is 5.89. The summed E-state index contributed by atoms with van der Waals surface area (Å²) in [6.45, 7) is 6.60. The molecule has 0 aromatic rings. The molecule has 1 aliphatic carbocycles. The number of carbonyl (C=O) groups excluding carboxylic acids is 1. The van der Waals surface area contributed by atoms with Crippen LogP contribution in [0.2, 0.25) is 0 Å². The van der Waals surface area contributed by atoms with E-state index in [1.54, 1.807) is 0 Å². The Kier molecular flexibility index (Phi) is 4.31. The van der Waals surface area contributed by atoms with Gasteiger partial charge < -0.3 is 4.90 Å². The predicted molar refractivity (Wildman–Crippen MR) is 74.2 cm³/mol. The van der Waals surface area contributed by atoms with Crippen LogP contribution in [0.3, 0.4) is 0 Å². The summed E-state index contributed by atoms with van der Waals surface area (Å²) in [6.07, 6.45) is 9.15. The van der Waals surface area contributed by atoms with E-state index in [4.69, 9.17) is 0 Å². The lowest BCUT2D eigenvalue weighted by Crippen LogP contribution is -2.45. The molecule has 0 bridgehead atoms. The first-order valence-electron chi connectivity index (χ1n) is 7.79. The van der Waals surface area contributed by atoms with Crippen molar-refractivity contribution >= 4 is 5.91 Å². The third-order valence-electron chi connectivity index (χ3n) is 4.75. The molecule has 2 atom stereocenters. The van der Waals surface area contributed by atoms with Crippen molar-refractivity contribution in [1.29, 1.82) is 0 Å². The van der Waals surface area contributed by atoms with Crippen molar-refractivity contribution in [2.24, 2.45) is 0 Å². The molecular weight excluding hydrogens is 224 g/mol. The summed E-state index contributed by atoms with van der Waals surface area (Å²) in [5, 5.41) is 3.67. The fraction of sp³-hybridized carbons (Fsp3) is 0.933. The Morgan fingerprint density at radius 2 is 2.00 bits per heavy atom. The molecular formula is C15H28N2O. The number of nitrogens with zero attached hydrogens (tertiary/aromatic N) is 1. The second-order valence-electron chi connectivity index (χ2n) is 5.92.